The van der Waals surface area contributed by atoms with Crippen LogP contribution < -0.4 is 39.3 Å². The van der Waals surface area contributed by atoms with Crippen LogP contribution in [0.25, 0.3) is 0 Å². The summed E-state index contributed by atoms with van der Waals surface area (Å²) in [7, 11) is 0. The van der Waals surface area contributed by atoms with Gasteiger partial charge < -0.3 is 33.6 Å². The van der Waals surface area contributed by atoms with Gasteiger partial charge in [0.25, 0.3) is 11.8 Å². The number of aromatic nitrogens is 4. The Balaban J connectivity index is 1.59. The average Bonchev–Trinajstić information content (AvgIpc) is 3.21. The zero-order chi connectivity index (χ0) is 25.2. The zero-order valence-corrected chi connectivity index (χ0v) is 18.9. The molecule has 180 valence electrons. The molecule has 1 saturated heterocycles. The number of nitrogens with zero attached hydrogens (tertiary/aromatic N) is 6. The number of nitrogen functional groups attached to an aromatic ring is 4. The molecule has 2 aromatic heterocycles. The molecule has 2 aromatic rings. The van der Waals surface area contributed by atoms with Crippen LogP contribution in [-0.4, -0.2) is 67.7 Å². The van der Waals surface area contributed by atoms with Gasteiger partial charge in [-0.3, -0.25) is 25.6 Å². The van der Waals surface area contributed by atoms with E-state index in [1.54, 1.807) is 0 Å². The van der Waals surface area contributed by atoms with Crippen molar-refractivity contribution in [3.05, 3.63) is 21.7 Å². The lowest BCUT2D eigenvalue weighted by molar-refractivity contribution is 0.0961. The second kappa shape index (κ2) is 9.75. The van der Waals surface area contributed by atoms with Gasteiger partial charge in [0.2, 0.25) is 0 Å². The van der Waals surface area contributed by atoms with Gasteiger partial charge in [-0.25, -0.2) is 24.9 Å². The fraction of sp³-hybridized carbons (Fsp3) is 0.250. The Labute approximate surface area is 201 Å². The van der Waals surface area contributed by atoms with E-state index in [2.05, 4.69) is 35.6 Å². The number of likely N-dealkylation sites (tertiary alicyclic amines) is 1. The number of hydrogen-bond donors (Lipinski definition) is 8. The van der Waals surface area contributed by atoms with Crippen LogP contribution in [-0.2, 0) is 0 Å². The quantitative estimate of drug-likeness (QED) is 0.171. The largest absolute Gasteiger partial charge is 0.382 e. The molecule has 0 radical (unpaired) electrons. The molecule has 18 heteroatoms. The van der Waals surface area contributed by atoms with Gasteiger partial charge in [-0.05, 0) is 6.42 Å². The van der Waals surface area contributed by atoms with Gasteiger partial charge in [-0.1, -0.05) is 23.2 Å². The highest BCUT2D eigenvalue weighted by Crippen LogP contribution is 2.19. The molecule has 34 heavy (non-hydrogen) atoms. The first-order valence-corrected chi connectivity index (χ1v) is 10.2. The van der Waals surface area contributed by atoms with Crippen LogP contribution in [0.5, 0.6) is 0 Å². The molecule has 1 aliphatic rings. The van der Waals surface area contributed by atoms with Crippen LogP contribution in [0.2, 0.25) is 10.3 Å². The lowest BCUT2D eigenvalue weighted by Gasteiger charge is -2.19. The Morgan fingerprint density at radius 3 is 1.94 bits per heavy atom. The van der Waals surface area contributed by atoms with E-state index in [-0.39, 0.29) is 69.5 Å². The SMILES string of the molecule is N=C(NC(=O)c1nc(Cl)c(N)nc1N)N1CC[C@H](N=C(N)NC(=O)c2nc(Cl)c(N)nc2N)C1. The molecule has 0 bridgehead atoms. The summed E-state index contributed by atoms with van der Waals surface area (Å²) in [5, 5.41) is 12.5. The van der Waals surface area contributed by atoms with Crippen molar-refractivity contribution in [1.29, 1.82) is 5.41 Å². The van der Waals surface area contributed by atoms with E-state index >= 15 is 0 Å². The third-order valence-electron chi connectivity index (χ3n) is 4.51. The Morgan fingerprint density at radius 1 is 0.912 bits per heavy atom. The highest BCUT2D eigenvalue weighted by Gasteiger charge is 2.27. The number of rotatable bonds is 3. The molecule has 0 unspecified atom stereocenters. The summed E-state index contributed by atoms with van der Waals surface area (Å²) in [5.41, 5.74) is 27.5. The lowest BCUT2D eigenvalue weighted by atomic mass is 10.3. The molecular formula is C16H20Cl2N14O2. The molecule has 3 rings (SSSR count). The molecule has 0 saturated carbocycles. The average molecular weight is 511 g/mol. The van der Waals surface area contributed by atoms with Crippen LogP contribution >= 0.6 is 23.2 Å². The number of carbonyl (C=O) groups excluding carboxylic acids is 2. The minimum atomic E-state index is -0.781. The van der Waals surface area contributed by atoms with E-state index in [1.807, 2.05) is 0 Å². The molecule has 2 amide bonds. The lowest BCUT2D eigenvalue weighted by Crippen LogP contribution is -2.43. The molecule has 1 atom stereocenters. The van der Waals surface area contributed by atoms with Crippen LogP contribution in [0.1, 0.15) is 27.4 Å². The van der Waals surface area contributed by atoms with Crippen molar-refractivity contribution < 1.29 is 9.59 Å². The Kier molecular flexibility index (Phi) is 7.02. The second-order valence-electron chi connectivity index (χ2n) is 6.93. The van der Waals surface area contributed by atoms with E-state index in [1.165, 1.54) is 4.90 Å². The highest BCUT2D eigenvalue weighted by atomic mass is 35.5. The number of nitrogens with one attached hydrogen (secondary N) is 3. The standard InChI is InChI=1S/C16H20Cl2N14O2/c17-7-11(21)28-9(19)5(26-7)13(33)30-15(23)25-4-1-2-32(3-4)16(24)31-14(34)6-10(20)29-12(22)8(18)27-6/h4H,1-3H2,(H4,19,21,28)(H4,20,22,29)(H2,24,31,34)(H3,23,25,30,33)/t4-/m0/s1. The fourth-order valence-corrected chi connectivity index (χ4v) is 3.17. The first kappa shape index (κ1) is 24.5. The first-order valence-electron chi connectivity index (χ1n) is 9.42. The third kappa shape index (κ3) is 5.41. The molecule has 1 fully saturated rings. The number of guanidine groups is 2. The van der Waals surface area contributed by atoms with Crippen molar-refractivity contribution in [2.75, 3.05) is 36.0 Å². The smallest absolute Gasteiger partial charge is 0.280 e. The van der Waals surface area contributed by atoms with E-state index in [9.17, 15) is 9.59 Å². The predicted molar refractivity (Wildman–Crippen MR) is 126 cm³/mol. The van der Waals surface area contributed by atoms with E-state index in [4.69, 9.17) is 57.3 Å². The molecule has 13 N–H and O–H groups in total. The Hall–Kier alpha value is -4.18. The maximum absolute atomic E-state index is 12.4. The van der Waals surface area contributed by atoms with Gasteiger partial charge in [-0.2, -0.15) is 0 Å². The summed E-state index contributed by atoms with van der Waals surface area (Å²) >= 11 is 11.5. The summed E-state index contributed by atoms with van der Waals surface area (Å²) in [5.74, 6) is -2.68. The molecule has 0 aliphatic carbocycles. The molecule has 0 aromatic carbocycles. The van der Waals surface area contributed by atoms with Crippen molar-refractivity contribution in [3.63, 3.8) is 0 Å². The predicted octanol–water partition coefficient (Wildman–Crippen LogP) is -1.61. The van der Waals surface area contributed by atoms with Gasteiger partial charge in [0, 0.05) is 13.1 Å². The fourth-order valence-electron chi connectivity index (χ4n) is 2.92. The number of anilines is 4. The van der Waals surface area contributed by atoms with Crippen LogP contribution in [0.15, 0.2) is 4.99 Å². The van der Waals surface area contributed by atoms with Crippen molar-refractivity contribution in [2.45, 2.75) is 12.5 Å². The van der Waals surface area contributed by atoms with Crippen LogP contribution in [0.3, 0.4) is 0 Å². The molecule has 0 spiro atoms. The van der Waals surface area contributed by atoms with Gasteiger partial charge in [0.15, 0.2) is 56.9 Å². The van der Waals surface area contributed by atoms with Crippen molar-refractivity contribution in [2.24, 2.45) is 10.7 Å². The summed E-state index contributed by atoms with van der Waals surface area (Å²) in [6.07, 6.45) is 0.486. The maximum atomic E-state index is 12.4. The number of nitrogens with two attached hydrogens (primary N) is 5. The number of hydrogen-bond acceptors (Lipinski definition) is 12. The zero-order valence-electron chi connectivity index (χ0n) is 17.3. The Morgan fingerprint density at radius 2 is 1.41 bits per heavy atom. The van der Waals surface area contributed by atoms with E-state index < -0.39 is 11.8 Å². The monoisotopic (exact) mass is 510 g/mol. The minimum absolute atomic E-state index is 0.118. The Bertz CT molecular complexity index is 1200. The third-order valence-corrected chi connectivity index (χ3v) is 5.07. The molecule has 16 nitrogen and oxygen atoms in total. The van der Waals surface area contributed by atoms with Crippen LogP contribution in [0.4, 0.5) is 23.3 Å². The van der Waals surface area contributed by atoms with Crippen molar-refractivity contribution in [1.82, 2.24) is 35.5 Å². The topological polar surface area (TPSA) is 279 Å². The molecular weight excluding hydrogens is 491 g/mol. The second-order valence-corrected chi connectivity index (χ2v) is 7.64. The summed E-state index contributed by atoms with van der Waals surface area (Å²) < 4.78 is 0. The number of halogens is 2. The van der Waals surface area contributed by atoms with Gasteiger partial charge in [0.05, 0.1) is 6.04 Å². The normalized spacial score (nSPS) is 15.8. The first-order chi connectivity index (χ1) is 16.0. The summed E-state index contributed by atoms with van der Waals surface area (Å²) in [6.45, 7) is 0.610. The maximum Gasteiger partial charge on any atom is 0.280 e. The molecule has 1 aliphatic heterocycles. The molecule has 3 heterocycles. The summed E-state index contributed by atoms with van der Waals surface area (Å²) in [4.78, 5) is 45.5. The number of aliphatic imine (C=N–C) groups is 1. The van der Waals surface area contributed by atoms with Gasteiger partial charge >= 0.3 is 0 Å². The van der Waals surface area contributed by atoms with E-state index in [0.717, 1.165) is 0 Å². The minimum Gasteiger partial charge on any atom is -0.382 e. The van der Waals surface area contributed by atoms with E-state index in [0.29, 0.717) is 13.0 Å². The van der Waals surface area contributed by atoms with Crippen LogP contribution in [0, 0.1) is 5.41 Å². The van der Waals surface area contributed by atoms with Gasteiger partial charge in [0.1, 0.15) is 0 Å². The van der Waals surface area contributed by atoms with Crippen molar-refractivity contribution >= 4 is 70.2 Å². The highest BCUT2D eigenvalue weighted by molar-refractivity contribution is 6.32. The number of amides is 2. The van der Waals surface area contributed by atoms with Gasteiger partial charge in [-0.15, -0.1) is 0 Å². The number of carbonyl (C=O) groups is 2. The van der Waals surface area contributed by atoms with Crippen molar-refractivity contribution in [3.8, 4) is 0 Å². The summed E-state index contributed by atoms with van der Waals surface area (Å²) in [6, 6.07) is -0.383.